The van der Waals surface area contributed by atoms with E-state index in [0.29, 0.717) is 40.7 Å². The van der Waals surface area contributed by atoms with E-state index in [4.69, 9.17) is 23.2 Å². The molecule has 0 atom stereocenters. The number of fused-ring (bicyclic) bond motifs is 1. The molecule has 7 heteroatoms. The van der Waals surface area contributed by atoms with Gasteiger partial charge >= 0.3 is 0 Å². The van der Waals surface area contributed by atoms with Crippen molar-refractivity contribution in [2.75, 3.05) is 6.54 Å². The highest BCUT2D eigenvalue weighted by molar-refractivity contribution is 6.35. The largest absolute Gasteiger partial charge is 0.332 e. The first-order valence-electron chi connectivity index (χ1n) is 6.09. The first-order valence-corrected chi connectivity index (χ1v) is 6.84. The number of aromatic amines is 2. The van der Waals surface area contributed by atoms with E-state index in [1.54, 1.807) is 23.1 Å². The number of halogens is 2. The lowest BCUT2D eigenvalue weighted by molar-refractivity contribution is 0.0732. The van der Waals surface area contributed by atoms with Crippen LogP contribution < -0.4 is 5.56 Å². The summed E-state index contributed by atoms with van der Waals surface area (Å²) in [6.45, 7) is 0.839. The molecule has 5 nitrogen and oxygen atoms in total. The van der Waals surface area contributed by atoms with Gasteiger partial charge < -0.3 is 10.00 Å². The van der Waals surface area contributed by atoms with Gasteiger partial charge in [0.25, 0.3) is 11.5 Å². The maximum atomic E-state index is 12.5. The molecule has 3 rings (SSSR count). The molecule has 20 heavy (non-hydrogen) atoms. The summed E-state index contributed by atoms with van der Waals surface area (Å²) in [4.78, 5) is 25.6. The van der Waals surface area contributed by atoms with Crippen molar-refractivity contribution in [3.05, 3.63) is 55.4 Å². The molecule has 0 radical (unpaired) electrons. The Morgan fingerprint density at radius 2 is 2.05 bits per heavy atom. The molecule has 1 aromatic carbocycles. The number of nitrogens with zero attached hydrogens (tertiary/aromatic N) is 1. The normalized spacial score (nSPS) is 14.2. The van der Waals surface area contributed by atoms with Gasteiger partial charge in [-0.2, -0.15) is 0 Å². The number of benzene rings is 1. The van der Waals surface area contributed by atoms with Gasteiger partial charge in [-0.3, -0.25) is 14.7 Å². The molecule has 1 aromatic heterocycles. The van der Waals surface area contributed by atoms with E-state index >= 15 is 0 Å². The molecule has 0 unspecified atom stereocenters. The smallest absolute Gasteiger partial charge is 0.267 e. The van der Waals surface area contributed by atoms with Gasteiger partial charge in [0, 0.05) is 17.1 Å². The summed E-state index contributed by atoms with van der Waals surface area (Å²) in [5.74, 6) is -0.190. The molecule has 0 bridgehead atoms. The number of amides is 1. The van der Waals surface area contributed by atoms with E-state index in [-0.39, 0.29) is 11.5 Å². The molecule has 2 aromatic rings. The third-order valence-corrected chi connectivity index (χ3v) is 3.96. The Morgan fingerprint density at radius 3 is 2.85 bits per heavy atom. The standard InChI is InChI=1S/C13H11Cl2N3O2/c14-7-1-2-10(15)9(5-7)13(20)18-4-3-8-11(6-18)16-17-12(8)19/h1-2,5H,3-4,6H2,(H2,16,17,19). The highest BCUT2D eigenvalue weighted by atomic mass is 35.5. The average Bonchev–Trinajstić information content (AvgIpc) is 2.82. The van der Waals surface area contributed by atoms with Crippen LogP contribution in [0.25, 0.3) is 0 Å². The number of nitrogens with one attached hydrogen (secondary N) is 2. The highest BCUT2D eigenvalue weighted by Crippen LogP contribution is 2.24. The fraction of sp³-hybridized carbons (Fsp3) is 0.231. The molecular formula is C13H11Cl2N3O2. The van der Waals surface area contributed by atoms with E-state index in [1.165, 1.54) is 0 Å². The van der Waals surface area contributed by atoms with E-state index in [2.05, 4.69) is 10.2 Å². The number of rotatable bonds is 1. The Morgan fingerprint density at radius 1 is 1.25 bits per heavy atom. The summed E-state index contributed by atoms with van der Waals surface area (Å²) in [5.41, 5.74) is 1.72. The third-order valence-electron chi connectivity index (χ3n) is 3.39. The Bertz CT molecular complexity index is 735. The Hall–Kier alpha value is -1.72. The number of hydrogen-bond donors (Lipinski definition) is 2. The number of hydrogen-bond acceptors (Lipinski definition) is 2. The predicted molar refractivity (Wildman–Crippen MR) is 76.3 cm³/mol. The van der Waals surface area contributed by atoms with Gasteiger partial charge in [-0.15, -0.1) is 0 Å². The van der Waals surface area contributed by atoms with Crippen LogP contribution >= 0.6 is 23.2 Å². The molecule has 1 aliphatic heterocycles. The first kappa shape index (κ1) is 13.3. The number of carbonyl (C=O) groups is 1. The van der Waals surface area contributed by atoms with E-state index in [0.717, 1.165) is 5.69 Å². The van der Waals surface area contributed by atoms with E-state index in [1.807, 2.05) is 0 Å². The van der Waals surface area contributed by atoms with Gasteiger partial charge in [0.1, 0.15) is 0 Å². The van der Waals surface area contributed by atoms with Crippen molar-refractivity contribution in [3.63, 3.8) is 0 Å². The third kappa shape index (κ3) is 2.23. The summed E-state index contributed by atoms with van der Waals surface area (Å²) in [7, 11) is 0. The van der Waals surface area contributed by atoms with Crippen LogP contribution in [0.4, 0.5) is 0 Å². The molecule has 2 heterocycles. The quantitative estimate of drug-likeness (QED) is 0.847. The zero-order valence-electron chi connectivity index (χ0n) is 10.4. The van der Waals surface area contributed by atoms with Gasteiger partial charge in [-0.05, 0) is 24.6 Å². The van der Waals surface area contributed by atoms with Crippen LogP contribution in [0.1, 0.15) is 21.6 Å². The summed E-state index contributed by atoms with van der Waals surface area (Å²) < 4.78 is 0. The second kappa shape index (κ2) is 5.00. The SMILES string of the molecule is O=C(c1cc(Cl)ccc1Cl)N1CCc2c([nH][nH]c2=O)C1. The van der Waals surface area contributed by atoms with Crippen LogP contribution in [0.2, 0.25) is 10.0 Å². The van der Waals surface area contributed by atoms with Gasteiger partial charge in [0.2, 0.25) is 0 Å². The van der Waals surface area contributed by atoms with Crippen LogP contribution in [0, 0.1) is 0 Å². The Balaban J connectivity index is 1.89. The lowest BCUT2D eigenvalue weighted by Gasteiger charge is -2.26. The van der Waals surface area contributed by atoms with Gasteiger partial charge in [-0.25, -0.2) is 0 Å². The van der Waals surface area contributed by atoms with Crippen molar-refractivity contribution < 1.29 is 4.79 Å². The minimum absolute atomic E-state index is 0.118. The maximum Gasteiger partial charge on any atom is 0.267 e. The van der Waals surface area contributed by atoms with Gasteiger partial charge in [0.05, 0.1) is 22.8 Å². The second-order valence-electron chi connectivity index (χ2n) is 4.64. The molecular weight excluding hydrogens is 301 g/mol. The Kier molecular flexibility index (Phi) is 3.31. The topological polar surface area (TPSA) is 69.0 Å². The molecule has 0 spiro atoms. The molecule has 0 saturated heterocycles. The predicted octanol–water partition coefficient (Wildman–Crippen LogP) is 2.21. The fourth-order valence-electron chi connectivity index (χ4n) is 2.34. The van der Waals surface area contributed by atoms with Crippen molar-refractivity contribution in [1.29, 1.82) is 0 Å². The Labute approximate surface area is 124 Å². The van der Waals surface area contributed by atoms with Crippen molar-refractivity contribution in [1.82, 2.24) is 15.1 Å². The van der Waals surface area contributed by atoms with Crippen LogP contribution in [-0.4, -0.2) is 27.5 Å². The van der Waals surface area contributed by atoms with Crippen LogP contribution in [0.3, 0.4) is 0 Å². The number of aromatic nitrogens is 2. The van der Waals surface area contributed by atoms with Crippen molar-refractivity contribution in [3.8, 4) is 0 Å². The minimum Gasteiger partial charge on any atom is -0.332 e. The summed E-state index contributed by atoms with van der Waals surface area (Å²) in [5, 5.41) is 6.16. The summed E-state index contributed by atoms with van der Waals surface area (Å²) in [6, 6.07) is 4.80. The summed E-state index contributed by atoms with van der Waals surface area (Å²) in [6.07, 6.45) is 0.526. The van der Waals surface area contributed by atoms with Crippen molar-refractivity contribution in [2.24, 2.45) is 0 Å². The number of carbonyl (C=O) groups excluding carboxylic acids is 1. The number of H-pyrrole nitrogens is 2. The molecule has 2 N–H and O–H groups in total. The van der Waals surface area contributed by atoms with Gasteiger partial charge in [0.15, 0.2) is 0 Å². The second-order valence-corrected chi connectivity index (χ2v) is 5.48. The average molecular weight is 312 g/mol. The minimum atomic E-state index is -0.190. The van der Waals surface area contributed by atoms with Crippen molar-refractivity contribution >= 4 is 29.1 Å². The highest BCUT2D eigenvalue weighted by Gasteiger charge is 2.25. The molecule has 0 saturated carbocycles. The van der Waals surface area contributed by atoms with Crippen molar-refractivity contribution in [2.45, 2.75) is 13.0 Å². The van der Waals surface area contributed by atoms with E-state index in [9.17, 15) is 9.59 Å². The zero-order chi connectivity index (χ0) is 14.3. The first-order chi connectivity index (χ1) is 9.56. The molecule has 1 amide bonds. The fourth-order valence-corrected chi connectivity index (χ4v) is 2.71. The van der Waals surface area contributed by atoms with Crippen LogP contribution in [0.15, 0.2) is 23.0 Å². The summed E-state index contributed by atoms with van der Waals surface area (Å²) >= 11 is 11.9. The monoisotopic (exact) mass is 311 g/mol. The van der Waals surface area contributed by atoms with E-state index < -0.39 is 0 Å². The lowest BCUT2D eigenvalue weighted by atomic mass is 10.1. The van der Waals surface area contributed by atoms with Crippen LogP contribution in [-0.2, 0) is 13.0 Å². The maximum absolute atomic E-state index is 12.5. The molecule has 104 valence electrons. The zero-order valence-corrected chi connectivity index (χ0v) is 11.9. The lowest BCUT2D eigenvalue weighted by Crippen LogP contribution is -2.37. The molecule has 0 fully saturated rings. The molecule has 1 aliphatic rings. The van der Waals surface area contributed by atoms with Gasteiger partial charge in [-0.1, -0.05) is 23.2 Å². The van der Waals surface area contributed by atoms with Crippen LogP contribution in [0.5, 0.6) is 0 Å². The molecule has 0 aliphatic carbocycles.